The molecule has 4 nitrogen and oxygen atoms in total. The number of amides is 1. The first-order valence-electron chi connectivity index (χ1n) is 7.55. The quantitative estimate of drug-likeness (QED) is 0.719. The van der Waals surface area contributed by atoms with E-state index in [-0.39, 0.29) is 23.7 Å². The predicted octanol–water partition coefficient (Wildman–Crippen LogP) is 3.31. The van der Waals surface area contributed by atoms with Crippen molar-refractivity contribution in [1.29, 1.82) is 0 Å². The molecule has 4 heteroatoms. The third kappa shape index (κ3) is 7.51. The number of carbonyl (C=O) groups excluding carboxylic acids is 1. The van der Waals surface area contributed by atoms with Crippen LogP contribution in [0, 0.1) is 23.2 Å². The Bertz CT molecular complexity index is 318. The summed E-state index contributed by atoms with van der Waals surface area (Å²) in [4.78, 5) is 22.6. The van der Waals surface area contributed by atoms with Crippen molar-refractivity contribution >= 4 is 11.9 Å². The number of aliphatic carboxylic acids is 1. The van der Waals surface area contributed by atoms with Crippen molar-refractivity contribution in [3.8, 4) is 0 Å². The van der Waals surface area contributed by atoms with Crippen LogP contribution in [0.1, 0.15) is 60.8 Å². The van der Waals surface area contributed by atoms with Gasteiger partial charge in [0.25, 0.3) is 0 Å². The van der Waals surface area contributed by atoms with Crippen LogP contribution in [0.5, 0.6) is 0 Å². The smallest absolute Gasteiger partial charge is 0.303 e. The Morgan fingerprint density at radius 2 is 1.65 bits per heavy atom. The summed E-state index contributed by atoms with van der Waals surface area (Å²) in [5, 5.41) is 11.8. The van der Waals surface area contributed by atoms with E-state index in [2.05, 4.69) is 26.1 Å². The van der Waals surface area contributed by atoms with Gasteiger partial charge in [0.2, 0.25) is 5.91 Å². The zero-order valence-electron chi connectivity index (χ0n) is 13.8. The molecule has 2 unspecified atom stereocenters. The summed E-state index contributed by atoms with van der Waals surface area (Å²) in [6, 6.07) is 0. The summed E-state index contributed by atoms with van der Waals surface area (Å²) >= 11 is 0. The lowest BCUT2D eigenvalue weighted by molar-refractivity contribution is -0.137. The van der Waals surface area contributed by atoms with Gasteiger partial charge >= 0.3 is 5.97 Å². The third-order valence-electron chi connectivity index (χ3n) is 4.14. The summed E-state index contributed by atoms with van der Waals surface area (Å²) in [5.74, 6) is -0.0154. The number of hydrogen-bond acceptors (Lipinski definition) is 2. The van der Waals surface area contributed by atoms with E-state index in [0.717, 1.165) is 6.42 Å². The van der Waals surface area contributed by atoms with Crippen LogP contribution in [0.25, 0.3) is 0 Å². The van der Waals surface area contributed by atoms with Gasteiger partial charge in [0, 0.05) is 18.9 Å². The molecular weight excluding hydrogens is 254 g/mol. The Balaban J connectivity index is 4.27. The molecule has 0 bridgehead atoms. The third-order valence-corrected chi connectivity index (χ3v) is 4.14. The maximum atomic E-state index is 11.9. The van der Waals surface area contributed by atoms with Crippen LogP contribution < -0.4 is 5.32 Å². The second-order valence-electron chi connectivity index (χ2n) is 7.11. The second-order valence-corrected chi connectivity index (χ2v) is 7.11. The molecule has 1 amide bonds. The molecule has 0 saturated carbocycles. The molecular formula is C16H31NO3. The fourth-order valence-electron chi connectivity index (χ4n) is 2.14. The van der Waals surface area contributed by atoms with Crippen molar-refractivity contribution in [2.75, 3.05) is 6.54 Å². The van der Waals surface area contributed by atoms with Gasteiger partial charge in [-0.2, -0.15) is 0 Å². The Kier molecular flexibility index (Phi) is 7.84. The van der Waals surface area contributed by atoms with E-state index in [0.29, 0.717) is 24.8 Å². The van der Waals surface area contributed by atoms with E-state index < -0.39 is 5.97 Å². The van der Waals surface area contributed by atoms with Crippen LogP contribution in [0.3, 0.4) is 0 Å². The lowest BCUT2D eigenvalue weighted by Crippen LogP contribution is -2.34. The van der Waals surface area contributed by atoms with Gasteiger partial charge in [-0.25, -0.2) is 0 Å². The van der Waals surface area contributed by atoms with E-state index in [1.54, 1.807) is 0 Å². The van der Waals surface area contributed by atoms with Crippen molar-refractivity contribution < 1.29 is 14.7 Å². The summed E-state index contributed by atoms with van der Waals surface area (Å²) in [7, 11) is 0. The fourth-order valence-corrected chi connectivity index (χ4v) is 2.14. The molecule has 0 spiro atoms. The van der Waals surface area contributed by atoms with Gasteiger partial charge in [0.1, 0.15) is 0 Å². The number of carbonyl (C=O) groups is 2. The summed E-state index contributed by atoms with van der Waals surface area (Å²) in [6.45, 7) is 13.0. The van der Waals surface area contributed by atoms with Gasteiger partial charge < -0.3 is 10.4 Å². The van der Waals surface area contributed by atoms with E-state index in [4.69, 9.17) is 5.11 Å². The standard InChI is InChI=1S/C16H31NO3/c1-11(2)12(3)15(20)17-10-9-13(16(4,5)6)7-8-14(18)19/h11-13H,7-10H2,1-6H3,(H,17,20)(H,18,19). The highest BCUT2D eigenvalue weighted by molar-refractivity contribution is 5.78. The van der Waals surface area contributed by atoms with Crippen LogP contribution in [0.15, 0.2) is 0 Å². The maximum absolute atomic E-state index is 11.9. The first kappa shape index (κ1) is 18.9. The molecule has 0 fully saturated rings. The van der Waals surface area contributed by atoms with E-state index in [1.807, 2.05) is 20.8 Å². The minimum atomic E-state index is -0.753. The molecule has 0 saturated heterocycles. The molecule has 118 valence electrons. The monoisotopic (exact) mass is 285 g/mol. The van der Waals surface area contributed by atoms with Crippen molar-refractivity contribution in [3.63, 3.8) is 0 Å². The van der Waals surface area contributed by atoms with Crippen molar-refractivity contribution in [3.05, 3.63) is 0 Å². The molecule has 2 N–H and O–H groups in total. The minimum absolute atomic E-state index is 0.0158. The van der Waals surface area contributed by atoms with E-state index in [9.17, 15) is 9.59 Å². The summed E-state index contributed by atoms with van der Waals surface area (Å²) < 4.78 is 0. The van der Waals surface area contributed by atoms with Crippen LogP contribution in [-0.2, 0) is 9.59 Å². The van der Waals surface area contributed by atoms with Gasteiger partial charge in [-0.1, -0.05) is 41.5 Å². The number of rotatable bonds is 8. The zero-order chi connectivity index (χ0) is 15.9. The Morgan fingerprint density at radius 1 is 1.10 bits per heavy atom. The second kappa shape index (κ2) is 8.28. The maximum Gasteiger partial charge on any atom is 0.303 e. The Labute approximate surface area is 123 Å². The molecule has 0 aliphatic carbocycles. The lowest BCUT2D eigenvalue weighted by Gasteiger charge is -2.30. The number of carboxylic acids is 1. The molecule has 0 aliphatic heterocycles. The highest BCUT2D eigenvalue weighted by atomic mass is 16.4. The highest BCUT2D eigenvalue weighted by Crippen LogP contribution is 2.32. The van der Waals surface area contributed by atoms with Gasteiger partial charge in [0.15, 0.2) is 0 Å². The van der Waals surface area contributed by atoms with Gasteiger partial charge in [-0.3, -0.25) is 9.59 Å². The van der Waals surface area contributed by atoms with Crippen LogP contribution in [0.4, 0.5) is 0 Å². The number of carboxylic acid groups (broad SMARTS) is 1. The lowest BCUT2D eigenvalue weighted by atomic mass is 9.76. The van der Waals surface area contributed by atoms with Crippen LogP contribution in [-0.4, -0.2) is 23.5 Å². The molecule has 0 aromatic heterocycles. The minimum Gasteiger partial charge on any atom is -0.481 e. The van der Waals surface area contributed by atoms with E-state index in [1.165, 1.54) is 0 Å². The molecule has 0 aromatic rings. The average Bonchev–Trinajstić information content (AvgIpc) is 2.29. The van der Waals surface area contributed by atoms with Gasteiger partial charge in [0.05, 0.1) is 0 Å². The Morgan fingerprint density at radius 3 is 2.05 bits per heavy atom. The zero-order valence-corrected chi connectivity index (χ0v) is 13.8. The normalized spacial score (nSPS) is 14.9. The molecule has 20 heavy (non-hydrogen) atoms. The highest BCUT2D eigenvalue weighted by Gasteiger charge is 2.25. The molecule has 0 rings (SSSR count). The molecule has 2 atom stereocenters. The fraction of sp³-hybridized carbons (Fsp3) is 0.875. The number of nitrogens with one attached hydrogen (secondary N) is 1. The Hall–Kier alpha value is -1.06. The van der Waals surface area contributed by atoms with Gasteiger partial charge in [-0.15, -0.1) is 0 Å². The molecule has 0 heterocycles. The van der Waals surface area contributed by atoms with Gasteiger partial charge in [-0.05, 0) is 30.1 Å². The SMILES string of the molecule is CC(C)C(C)C(=O)NCCC(CCC(=O)O)C(C)(C)C. The first-order chi connectivity index (χ1) is 9.05. The number of hydrogen-bond donors (Lipinski definition) is 2. The van der Waals surface area contributed by atoms with E-state index >= 15 is 0 Å². The molecule has 0 radical (unpaired) electrons. The van der Waals surface area contributed by atoms with Crippen LogP contribution >= 0.6 is 0 Å². The largest absolute Gasteiger partial charge is 0.481 e. The predicted molar refractivity (Wildman–Crippen MR) is 81.4 cm³/mol. The van der Waals surface area contributed by atoms with Crippen molar-refractivity contribution in [1.82, 2.24) is 5.32 Å². The van der Waals surface area contributed by atoms with Crippen molar-refractivity contribution in [2.45, 2.75) is 60.8 Å². The average molecular weight is 285 g/mol. The topological polar surface area (TPSA) is 66.4 Å². The van der Waals surface area contributed by atoms with Crippen LogP contribution in [0.2, 0.25) is 0 Å². The summed E-state index contributed by atoms with van der Waals surface area (Å²) in [5.41, 5.74) is 0.0594. The molecule has 0 aromatic carbocycles. The first-order valence-corrected chi connectivity index (χ1v) is 7.55. The summed E-state index contributed by atoms with van der Waals surface area (Å²) in [6.07, 6.45) is 1.68. The molecule has 0 aliphatic rings. The van der Waals surface area contributed by atoms with Crippen molar-refractivity contribution in [2.24, 2.45) is 23.2 Å².